The molecular weight excluding hydrogens is 220 g/mol. The molecule has 3 atom stereocenters. The van der Waals surface area contributed by atoms with Gasteiger partial charge < -0.3 is 5.11 Å². The van der Waals surface area contributed by atoms with Gasteiger partial charge >= 0.3 is 0 Å². The third-order valence-electron chi connectivity index (χ3n) is 4.16. The number of aliphatic hydroxyl groups is 1. The first-order chi connectivity index (χ1) is 8.79. The van der Waals surface area contributed by atoms with E-state index in [2.05, 4.69) is 36.9 Å². The third kappa shape index (κ3) is 3.71. The number of allylic oxidation sites excluding steroid dienone is 1. The first kappa shape index (κ1) is 13.4. The highest BCUT2D eigenvalue weighted by molar-refractivity contribution is 5.15. The van der Waals surface area contributed by atoms with Gasteiger partial charge in [-0.15, -0.1) is 6.58 Å². The molecule has 1 N–H and O–H groups in total. The van der Waals surface area contributed by atoms with Crippen LogP contribution in [-0.4, -0.2) is 11.2 Å². The molecule has 0 aliphatic heterocycles. The van der Waals surface area contributed by atoms with Crippen LogP contribution in [0.4, 0.5) is 0 Å². The average molecular weight is 244 g/mol. The Bertz CT molecular complexity index is 357. The molecule has 0 spiro atoms. The van der Waals surface area contributed by atoms with Gasteiger partial charge in [0.2, 0.25) is 0 Å². The summed E-state index contributed by atoms with van der Waals surface area (Å²) in [7, 11) is 0. The van der Waals surface area contributed by atoms with E-state index in [0.29, 0.717) is 5.92 Å². The van der Waals surface area contributed by atoms with E-state index in [1.807, 2.05) is 6.08 Å². The quantitative estimate of drug-likeness (QED) is 0.777. The lowest BCUT2D eigenvalue weighted by Gasteiger charge is -2.33. The highest BCUT2D eigenvalue weighted by Crippen LogP contribution is 2.34. The molecule has 0 saturated heterocycles. The minimum atomic E-state index is -0.0861. The molecule has 2 rings (SSSR count). The number of rotatable bonds is 5. The summed E-state index contributed by atoms with van der Waals surface area (Å²) in [5.74, 6) is 1.22. The molecule has 1 aliphatic carbocycles. The van der Waals surface area contributed by atoms with Crippen LogP contribution in [-0.2, 0) is 6.42 Å². The van der Waals surface area contributed by atoms with Gasteiger partial charge in [-0.1, -0.05) is 36.4 Å². The zero-order chi connectivity index (χ0) is 12.8. The first-order valence-electron chi connectivity index (χ1n) is 7.12. The third-order valence-corrected chi connectivity index (χ3v) is 4.16. The molecule has 3 unspecified atom stereocenters. The molecule has 1 aromatic rings. The summed E-state index contributed by atoms with van der Waals surface area (Å²) in [6.45, 7) is 3.78. The molecule has 18 heavy (non-hydrogen) atoms. The van der Waals surface area contributed by atoms with Gasteiger partial charge in [0.15, 0.2) is 0 Å². The minimum Gasteiger partial charge on any atom is -0.393 e. The number of aliphatic hydroxyl groups excluding tert-OH is 1. The van der Waals surface area contributed by atoms with Crippen molar-refractivity contribution in [2.75, 3.05) is 0 Å². The topological polar surface area (TPSA) is 20.2 Å². The van der Waals surface area contributed by atoms with Crippen molar-refractivity contribution in [3.05, 3.63) is 48.6 Å². The van der Waals surface area contributed by atoms with E-state index >= 15 is 0 Å². The van der Waals surface area contributed by atoms with E-state index in [1.165, 1.54) is 18.4 Å². The highest BCUT2D eigenvalue weighted by Gasteiger charge is 2.28. The zero-order valence-electron chi connectivity index (χ0n) is 11.1. The first-order valence-corrected chi connectivity index (χ1v) is 7.12. The summed E-state index contributed by atoms with van der Waals surface area (Å²) < 4.78 is 0. The van der Waals surface area contributed by atoms with Gasteiger partial charge in [-0.2, -0.15) is 0 Å². The summed E-state index contributed by atoms with van der Waals surface area (Å²) >= 11 is 0. The Labute approximate surface area is 111 Å². The van der Waals surface area contributed by atoms with Crippen LogP contribution in [0.2, 0.25) is 0 Å². The monoisotopic (exact) mass is 244 g/mol. The van der Waals surface area contributed by atoms with Gasteiger partial charge in [0.25, 0.3) is 0 Å². The van der Waals surface area contributed by atoms with Crippen LogP contribution in [0.3, 0.4) is 0 Å². The molecule has 0 amide bonds. The van der Waals surface area contributed by atoms with Crippen molar-refractivity contribution < 1.29 is 5.11 Å². The van der Waals surface area contributed by atoms with Gasteiger partial charge in [0.05, 0.1) is 6.10 Å². The summed E-state index contributed by atoms with van der Waals surface area (Å²) in [4.78, 5) is 0. The molecule has 1 saturated carbocycles. The number of benzene rings is 1. The van der Waals surface area contributed by atoms with E-state index in [-0.39, 0.29) is 6.10 Å². The molecule has 1 heteroatoms. The largest absolute Gasteiger partial charge is 0.393 e. The molecule has 0 aromatic heterocycles. The van der Waals surface area contributed by atoms with Crippen LogP contribution in [0.15, 0.2) is 43.0 Å². The van der Waals surface area contributed by atoms with Crippen LogP contribution in [0.5, 0.6) is 0 Å². The van der Waals surface area contributed by atoms with E-state index in [0.717, 1.165) is 31.6 Å². The minimum absolute atomic E-state index is 0.0861. The van der Waals surface area contributed by atoms with Gasteiger partial charge in [0, 0.05) is 0 Å². The SMILES string of the molecule is C=CCCC1CC(Cc2ccccc2)CCC1O. The van der Waals surface area contributed by atoms with Gasteiger partial charge in [-0.25, -0.2) is 0 Å². The van der Waals surface area contributed by atoms with Crippen LogP contribution in [0.25, 0.3) is 0 Å². The molecule has 98 valence electrons. The van der Waals surface area contributed by atoms with E-state index in [1.54, 1.807) is 0 Å². The summed E-state index contributed by atoms with van der Waals surface area (Å²) in [6.07, 6.45) is 8.47. The van der Waals surface area contributed by atoms with Crippen molar-refractivity contribution in [1.29, 1.82) is 0 Å². The van der Waals surface area contributed by atoms with Crippen LogP contribution in [0.1, 0.15) is 37.7 Å². The van der Waals surface area contributed by atoms with Crippen LogP contribution < -0.4 is 0 Å². The maximum absolute atomic E-state index is 10.0. The molecular formula is C17H24O. The Morgan fingerprint density at radius 3 is 2.72 bits per heavy atom. The van der Waals surface area contributed by atoms with Gasteiger partial charge in [-0.05, 0) is 55.9 Å². The second-order valence-corrected chi connectivity index (χ2v) is 5.56. The van der Waals surface area contributed by atoms with Crippen molar-refractivity contribution in [2.45, 2.75) is 44.6 Å². The molecule has 1 aliphatic rings. The lowest BCUT2D eigenvalue weighted by Crippen LogP contribution is -2.29. The Hall–Kier alpha value is -1.08. The standard InChI is InChI=1S/C17H24O/c1-2-3-9-16-13-15(10-11-17(16)18)12-14-7-5-4-6-8-14/h2,4-8,15-18H,1,3,9-13H2. The molecule has 0 bridgehead atoms. The Balaban J connectivity index is 1.88. The van der Waals surface area contributed by atoms with E-state index in [9.17, 15) is 5.11 Å². The Kier molecular flexibility index (Phi) is 5.00. The Morgan fingerprint density at radius 2 is 2.00 bits per heavy atom. The number of hydrogen-bond acceptors (Lipinski definition) is 1. The van der Waals surface area contributed by atoms with E-state index in [4.69, 9.17) is 0 Å². The van der Waals surface area contributed by atoms with Crippen molar-refractivity contribution in [3.63, 3.8) is 0 Å². The summed E-state index contributed by atoms with van der Waals surface area (Å²) in [6, 6.07) is 10.7. The normalized spacial score (nSPS) is 27.9. The van der Waals surface area contributed by atoms with Gasteiger partial charge in [0.1, 0.15) is 0 Å². The smallest absolute Gasteiger partial charge is 0.0568 e. The summed E-state index contributed by atoms with van der Waals surface area (Å²) in [5, 5.41) is 10.0. The predicted octanol–water partition coefficient (Wildman–Crippen LogP) is 3.97. The molecule has 0 radical (unpaired) electrons. The lowest BCUT2D eigenvalue weighted by molar-refractivity contribution is 0.0444. The zero-order valence-corrected chi connectivity index (χ0v) is 11.1. The maximum Gasteiger partial charge on any atom is 0.0568 e. The van der Waals surface area contributed by atoms with Crippen LogP contribution in [0, 0.1) is 11.8 Å². The lowest BCUT2D eigenvalue weighted by atomic mass is 9.75. The summed E-state index contributed by atoms with van der Waals surface area (Å²) in [5.41, 5.74) is 1.43. The fourth-order valence-corrected chi connectivity index (χ4v) is 3.12. The van der Waals surface area contributed by atoms with Gasteiger partial charge in [-0.3, -0.25) is 0 Å². The fraction of sp³-hybridized carbons (Fsp3) is 0.529. The molecule has 1 nitrogen and oxygen atoms in total. The second-order valence-electron chi connectivity index (χ2n) is 5.56. The van der Waals surface area contributed by atoms with Crippen molar-refractivity contribution >= 4 is 0 Å². The average Bonchev–Trinajstić information content (AvgIpc) is 2.40. The molecule has 1 aromatic carbocycles. The Morgan fingerprint density at radius 1 is 1.22 bits per heavy atom. The van der Waals surface area contributed by atoms with Crippen molar-refractivity contribution in [3.8, 4) is 0 Å². The highest BCUT2D eigenvalue weighted by atomic mass is 16.3. The second kappa shape index (κ2) is 6.75. The fourth-order valence-electron chi connectivity index (χ4n) is 3.12. The molecule has 0 heterocycles. The van der Waals surface area contributed by atoms with Crippen molar-refractivity contribution in [1.82, 2.24) is 0 Å². The van der Waals surface area contributed by atoms with E-state index < -0.39 is 0 Å². The molecule has 1 fully saturated rings. The predicted molar refractivity (Wildman–Crippen MR) is 76.4 cm³/mol. The maximum atomic E-state index is 10.0. The number of hydrogen-bond donors (Lipinski definition) is 1. The van der Waals surface area contributed by atoms with Crippen molar-refractivity contribution in [2.24, 2.45) is 11.8 Å². The van der Waals surface area contributed by atoms with Crippen LogP contribution >= 0.6 is 0 Å².